The molecule has 0 bridgehead atoms. The minimum Gasteiger partial charge on any atom is -0.457 e. The number of piperidine rings is 1. The zero-order chi connectivity index (χ0) is 24.6. The van der Waals surface area contributed by atoms with Crippen molar-refractivity contribution in [3.05, 3.63) is 73.1 Å². The number of halogens is 1. The summed E-state index contributed by atoms with van der Waals surface area (Å²) >= 11 is 3.23. The molecule has 1 amide bonds. The van der Waals surface area contributed by atoms with E-state index in [1.54, 1.807) is 0 Å². The van der Waals surface area contributed by atoms with E-state index in [9.17, 15) is 4.79 Å². The van der Waals surface area contributed by atoms with E-state index in [0.29, 0.717) is 22.4 Å². The third-order valence-corrected chi connectivity index (χ3v) is 6.29. The van der Waals surface area contributed by atoms with E-state index in [1.165, 1.54) is 12.7 Å². The third-order valence-electron chi connectivity index (χ3n) is 5.61. The molecule has 5 rings (SSSR count). The van der Waals surface area contributed by atoms with Gasteiger partial charge in [-0.1, -0.05) is 40.7 Å². The molecule has 0 atom stereocenters. The molecule has 0 unspecified atom stereocenters. The van der Waals surface area contributed by atoms with Gasteiger partial charge in [0.25, 0.3) is 0 Å². The number of carbonyl (C=O) groups is 1. The fourth-order valence-electron chi connectivity index (χ4n) is 3.78. The average Bonchev–Trinajstić information content (AvgIpc) is 3.35. The molecule has 0 radical (unpaired) electrons. The second-order valence-electron chi connectivity index (χ2n) is 8.09. The van der Waals surface area contributed by atoms with Gasteiger partial charge in [-0.3, -0.25) is 9.89 Å². The van der Waals surface area contributed by atoms with Crippen LogP contribution in [0.15, 0.2) is 73.1 Å². The van der Waals surface area contributed by atoms with Crippen LogP contribution in [0.5, 0.6) is 11.5 Å². The first kappa shape index (κ1) is 24.4. The van der Waals surface area contributed by atoms with E-state index in [0.717, 1.165) is 54.1 Å². The predicted octanol–water partition coefficient (Wildman–Crippen LogP) is 5.34. The number of nitrogen functional groups attached to an aromatic ring is 1. The summed E-state index contributed by atoms with van der Waals surface area (Å²) in [5, 5.41) is 8.44. The normalized spacial score (nSPS) is 13.1. The number of anilines is 1. The van der Waals surface area contributed by atoms with Gasteiger partial charge in [-0.25, -0.2) is 9.97 Å². The monoisotopic (exact) mass is 534 g/mol. The minimum absolute atomic E-state index is 0.117. The van der Waals surface area contributed by atoms with Crippen LogP contribution < -0.4 is 10.5 Å². The van der Waals surface area contributed by atoms with Crippen molar-refractivity contribution in [1.82, 2.24) is 25.1 Å². The molecular formula is C26H27BrN6O2. The number of carbonyl (C=O) groups excluding carboxylic acids is 1. The fraction of sp³-hybridized carbons (Fsp3) is 0.231. The van der Waals surface area contributed by atoms with Gasteiger partial charge in [-0.15, -0.1) is 0 Å². The Balaban J connectivity index is 0.000000204. The summed E-state index contributed by atoms with van der Waals surface area (Å²) in [4.78, 5) is 21.5. The lowest BCUT2D eigenvalue weighted by molar-refractivity contribution is -0.127. The van der Waals surface area contributed by atoms with Gasteiger partial charge in [0.2, 0.25) is 5.91 Å². The first-order chi connectivity index (χ1) is 17.1. The zero-order valence-electron chi connectivity index (χ0n) is 19.3. The van der Waals surface area contributed by atoms with E-state index in [1.807, 2.05) is 59.5 Å². The van der Waals surface area contributed by atoms with E-state index >= 15 is 0 Å². The SMILES string of the molecule is C=C(CBr)C(=O)N1CCCCC1.Nc1ncnc2n[nH]c(-c3ccc(Oc4ccccc4)cc3)c12. The van der Waals surface area contributed by atoms with Gasteiger partial charge in [-0.2, -0.15) is 5.10 Å². The highest BCUT2D eigenvalue weighted by atomic mass is 79.9. The van der Waals surface area contributed by atoms with Crippen LogP contribution in [0.4, 0.5) is 5.82 Å². The fourth-order valence-corrected chi connectivity index (χ4v) is 4.02. The number of H-pyrrole nitrogens is 1. The van der Waals surface area contributed by atoms with Crippen LogP contribution in [-0.4, -0.2) is 49.4 Å². The number of alkyl halides is 1. The Morgan fingerprint density at radius 1 is 1.03 bits per heavy atom. The standard InChI is InChI=1S/C17H13N5O.C9H14BrNO/c18-16-14-15(21-22-17(14)20-10-19-16)11-6-8-13(9-7-11)23-12-4-2-1-3-5-12;1-8(7-10)9(12)11-5-3-2-4-6-11/h1-10H,(H3,18,19,20,21,22);1-7H2. The molecule has 3 heterocycles. The second kappa shape index (κ2) is 11.6. The van der Waals surface area contributed by atoms with Crippen LogP contribution in [0.2, 0.25) is 0 Å². The Hall–Kier alpha value is -3.72. The van der Waals surface area contributed by atoms with Crippen molar-refractivity contribution >= 4 is 38.7 Å². The second-order valence-corrected chi connectivity index (χ2v) is 8.65. The number of nitrogens with zero attached hydrogens (tertiary/aromatic N) is 4. The van der Waals surface area contributed by atoms with Crippen LogP contribution in [-0.2, 0) is 4.79 Å². The highest BCUT2D eigenvalue weighted by Crippen LogP contribution is 2.30. The highest BCUT2D eigenvalue weighted by Gasteiger charge is 2.17. The number of hydrogen-bond donors (Lipinski definition) is 2. The van der Waals surface area contributed by atoms with Gasteiger partial charge in [0, 0.05) is 29.6 Å². The Labute approximate surface area is 212 Å². The molecule has 180 valence electrons. The number of fused-ring (bicyclic) bond motifs is 1. The van der Waals surface area contributed by atoms with Gasteiger partial charge >= 0.3 is 0 Å². The number of nitrogens with two attached hydrogens (primary N) is 1. The molecule has 2 aromatic heterocycles. The van der Waals surface area contributed by atoms with Gasteiger partial charge in [0.1, 0.15) is 23.6 Å². The number of aromatic nitrogens is 4. The summed E-state index contributed by atoms with van der Waals surface area (Å²) in [6.45, 7) is 5.53. The number of para-hydroxylation sites is 1. The van der Waals surface area contributed by atoms with Crippen molar-refractivity contribution < 1.29 is 9.53 Å². The average molecular weight is 535 g/mol. The van der Waals surface area contributed by atoms with Crippen molar-refractivity contribution in [2.45, 2.75) is 19.3 Å². The van der Waals surface area contributed by atoms with E-state index in [-0.39, 0.29) is 5.91 Å². The quantitative estimate of drug-likeness (QED) is 0.264. The molecule has 8 nitrogen and oxygen atoms in total. The maximum Gasteiger partial charge on any atom is 0.250 e. The molecule has 3 N–H and O–H groups in total. The topological polar surface area (TPSA) is 110 Å². The maximum absolute atomic E-state index is 11.5. The first-order valence-electron chi connectivity index (χ1n) is 11.4. The Morgan fingerprint density at radius 3 is 2.40 bits per heavy atom. The number of nitrogens with one attached hydrogen (secondary N) is 1. The number of benzene rings is 2. The summed E-state index contributed by atoms with van der Waals surface area (Å²) in [6.07, 6.45) is 4.94. The zero-order valence-corrected chi connectivity index (χ0v) is 20.9. The molecule has 2 aromatic carbocycles. The van der Waals surface area contributed by atoms with Crippen molar-refractivity contribution in [2.24, 2.45) is 0 Å². The summed E-state index contributed by atoms with van der Waals surface area (Å²) in [6, 6.07) is 17.3. The van der Waals surface area contributed by atoms with Gasteiger partial charge in [-0.05, 0) is 55.7 Å². The number of likely N-dealkylation sites (tertiary alicyclic amines) is 1. The van der Waals surface area contributed by atoms with E-state index in [2.05, 4.69) is 42.7 Å². The van der Waals surface area contributed by atoms with Crippen LogP contribution in [0.1, 0.15) is 19.3 Å². The van der Waals surface area contributed by atoms with Crippen molar-refractivity contribution in [2.75, 3.05) is 24.2 Å². The Bertz CT molecular complexity index is 1280. The van der Waals surface area contributed by atoms with Crippen molar-refractivity contribution in [1.29, 1.82) is 0 Å². The van der Waals surface area contributed by atoms with Crippen molar-refractivity contribution in [3.8, 4) is 22.8 Å². The molecule has 1 saturated heterocycles. The molecule has 0 spiro atoms. The third kappa shape index (κ3) is 6.05. The molecule has 1 aliphatic heterocycles. The van der Waals surface area contributed by atoms with Crippen molar-refractivity contribution in [3.63, 3.8) is 0 Å². The van der Waals surface area contributed by atoms with E-state index in [4.69, 9.17) is 10.5 Å². The lowest BCUT2D eigenvalue weighted by Gasteiger charge is -2.26. The summed E-state index contributed by atoms with van der Waals surface area (Å²) < 4.78 is 5.79. The number of hydrogen-bond acceptors (Lipinski definition) is 6. The van der Waals surface area contributed by atoms with Crippen LogP contribution in [0.3, 0.4) is 0 Å². The summed E-state index contributed by atoms with van der Waals surface area (Å²) in [7, 11) is 0. The highest BCUT2D eigenvalue weighted by molar-refractivity contribution is 9.09. The molecule has 4 aromatic rings. The lowest BCUT2D eigenvalue weighted by atomic mass is 10.1. The van der Waals surface area contributed by atoms with Gasteiger partial charge in [0.05, 0.1) is 11.1 Å². The maximum atomic E-state index is 11.5. The number of aromatic amines is 1. The molecule has 0 saturated carbocycles. The lowest BCUT2D eigenvalue weighted by Crippen LogP contribution is -2.36. The van der Waals surface area contributed by atoms with E-state index < -0.39 is 0 Å². The molecule has 9 heteroatoms. The molecular weight excluding hydrogens is 508 g/mol. The van der Waals surface area contributed by atoms with Gasteiger partial charge in [0.15, 0.2) is 5.65 Å². The Morgan fingerprint density at radius 2 is 1.71 bits per heavy atom. The van der Waals surface area contributed by atoms with Crippen LogP contribution >= 0.6 is 15.9 Å². The smallest absolute Gasteiger partial charge is 0.250 e. The number of amides is 1. The number of ether oxygens (including phenoxy) is 1. The minimum atomic E-state index is 0.117. The summed E-state index contributed by atoms with van der Waals surface area (Å²) in [5.74, 6) is 2.08. The molecule has 1 aliphatic rings. The molecule has 35 heavy (non-hydrogen) atoms. The molecule has 0 aliphatic carbocycles. The predicted molar refractivity (Wildman–Crippen MR) is 141 cm³/mol. The summed E-state index contributed by atoms with van der Waals surface area (Å²) in [5.41, 5.74) is 8.89. The van der Waals surface area contributed by atoms with Gasteiger partial charge < -0.3 is 15.4 Å². The van der Waals surface area contributed by atoms with Crippen LogP contribution in [0, 0.1) is 0 Å². The van der Waals surface area contributed by atoms with Crippen LogP contribution in [0.25, 0.3) is 22.3 Å². The number of rotatable bonds is 5. The Kier molecular flexibility index (Phi) is 8.10. The first-order valence-corrected chi connectivity index (χ1v) is 12.5. The molecule has 1 fully saturated rings. The largest absolute Gasteiger partial charge is 0.457 e.